The summed E-state index contributed by atoms with van der Waals surface area (Å²) in [5, 5.41) is 7.66. The molecule has 0 saturated carbocycles. The van der Waals surface area contributed by atoms with Crippen LogP contribution in [0.4, 0.5) is 0 Å². The Morgan fingerprint density at radius 1 is 0.600 bits per heavy atom. The van der Waals surface area contributed by atoms with Crippen LogP contribution in [0.2, 0.25) is 0 Å². The van der Waals surface area contributed by atoms with Crippen LogP contribution in [0.25, 0.3) is 26.4 Å². The van der Waals surface area contributed by atoms with E-state index in [9.17, 15) is 0 Å². The van der Waals surface area contributed by atoms with Crippen LogP contribution in [-0.2, 0) is 0 Å². The Labute approximate surface area is 150 Å². The van der Waals surface area contributed by atoms with E-state index in [-0.39, 0.29) is 0 Å². The number of rotatable bonds is 2. The number of hydrogen-bond donors (Lipinski definition) is 0. The van der Waals surface area contributed by atoms with Gasteiger partial charge in [-0.2, -0.15) is 0 Å². The fourth-order valence-electron chi connectivity index (χ4n) is 3.62. The van der Waals surface area contributed by atoms with Crippen molar-refractivity contribution in [1.29, 1.82) is 0 Å². The van der Waals surface area contributed by atoms with Crippen molar-refractivity contribution in [3.8, 4) is 0 Å². The molecule has 4 aromatic carbocycles. The molecule has 118 valence electrons. The third kappa shape index (κ3) is 2.36. The predicted molar refractivity (Wildman–Crippen MR) is 109 cm³/mol. The van der Waals surface area contributed by atoms with Gasteiger partial charge in [-0.1, -0.05) is 84.9 Å². The Balaban J connectivity index is 1.98. The van der Waals surface area contributed by atoms with Crippen LogP contribution in [0, 0.1) is 0 Å². The largest absolute Gasteiger partial charge is 0.143 e. The average molecular weight is 336 g/mol. The zero-order valence-electron chi connectivity index (χ0n) is 13.6. The van der Waals surface area contributed by atoms with Gasteiger partial charge in [-0.15, -0.1) is 11.3 Å². The summed E-state index contributed by atoms with van der Waals surface area (Å²) in [5.74, 6) is 0. The highest BCUT2D eigenvalue weighted by Gasteiger charge is 2.11. The van der Waals surface area contributed by atoms with Crippen molar-refractivity contribution in [2.75, 3.05) is 0 Å². The summed E-state index contributed by atoms with van der Waals surface area (Å²) in [6, 6.07) is 32.5. The van der Waals surface area contributed by atoms with Gasteiger partial charge in [-0.3, -0.25) is 0 Å². The van der Waals surface area contributed by atoms with Crippen LogP contribution >= 0.6 is 11.3 Å². The van der Waals surface area contributed by atoms with E-state index >= 15 is 0 Å². The lowest BCUT2D eigenvalue weighted by Crippen LogP contribution is -2.09. The fraction of sp³-hybridized carbons (Fsp3) is 0. The Morgan fingerprint density at radius 3 is 1.96 bits per heavy atom. The summed E-state index contributed by atoms with van der Waals surface area (Å²) in [6.07, 6.45) is 0. The molecule has 0 spiro atoms. The highest BCUT2D eigenvalue weighted by atomic mass is 32.1. The molecule has 1 heteroatoms. The van der Waals surface area contributed by atoms with Crippen LogP contribution in [0.15, 0.2) is 96.4 Å². The quantitative estimate of drug-likeness (QED) is 0.370. The molecule has 0 aliphatic rings. The lowest BCUT2D eigenvalue weighted by molar-refractivity contribution is 1.51. The smallest absolute Gasteiger partial charge is 0.0355 e. The van der Waals surface area contributed by atoms with Crippen LogP contribution in [-0.4, -0.2) is 0 Å². The Morgan fingerprint density at radius 2 is 1.28 bits per heavy atom. The van der Waals surface area contributed by atoms with E-state index in [2.05, 4.69) is 96.4 Å². The van der Waals surface area contributed by atoms with Crippen molar-refractivity contribution in [3.63, 3.8) is 0 Å². The van der Waals surface area contributed by atoms with Crippen molar-refractivity contribution >= 4 is 37.8 Å². The summed E-state index contributed by atoms with van der Waals surface area (Å²) in [6.45, 7) is 0. The van der Waals surface area contributed by atoms with E-state index < -0.39 is 0 Å². The van der Waals surface area contributed by atoms with Crippen LogP contribution in [0.5, 0.6) is 0 Å². The molecule has 25 heavy (non-hydrogen) atoms. The number of hydrogen-bond acceptors (Lipinski definition) is 1. The van der Waals surface area contributed by atoms with Crippen LogP contribution in [0.3, 0.4) is 0 Å². The minimum absolute atomic E-state index is 1.26. The molecular formula is C24H16S. The molecule has 0 N–H and O–H groups in total. The summed E-state index contributed by atoms with van der Waals surface area (Å²) >= 11 is 1.83. The second-order valence-corrected chi connectivity index (χ2v) is 7.14. The van der Waals surface area contributed by atoms with E-state index in [4.69, 9.17) is 0 Å². The Bertz CT molecular complexity index is 1170. The molecule has 0 fully saturated rings. The third-order valence-electron chi connectivity index (χ3n) is 4.75. The van der Waals surface area contributed by atoms with Crippen molar-refractivity contribution in [3.05, 3.63) is 113 Å². The van der Waals surface area contributed by atoms with Gasteiger partial charge in [0.15, 0.2) is 0 Å². The maximum absolute atomic E-state index is 2.30. The monoisotopic (exact) mass is 336 g/mol. The molecule has 1 aromatic heterocycles. The van der Waals surface area contributed by atoms with Gasteiger partial charge >= 0.3 is 0 Å². The van der Waals surface area contributed by atoms with Gasteiger partial charge < -0.3 is 0 Å². The van der Waals surface area contributed by atoms with Gasteiger partial charge in [-0.25, -0.2) is 0 Å². The normalized spacial score (nSPS) is 11.2. The second-order valence-electron chi connectivity index (χ2n) is 6.22. The fourth-order valence-corrected chi connectivity index (χ4v) is 4.61. The topological polar surface area (TPSA) is 0 Å². The van der Waals surface area contributed by atoms with Gasteiger partial charge in [0.25, 0.3) is 0 Å². The molecular weight excluding hydrogens is 320 g/mol. The highest BCUT2D eigenvalue weighted by molar-refractivity contribution is 7.18. The zero-order valence-corrected chi connectivity index (χ0v) is 14.5. The molecule has 0 saturated heterocycles. The standard InChI is InChI=1S/C24H16S/c1-3-8-17(9-4-1)23(18-10-5-2-6-11-18)20-15-14-19-12-7-13-22-24(19)21(20)16-25-22/h1-16H. The SMILES string of the molecule is c1ccc(C(c2ccccc2)=c2ccc3cccc4scc2c34)cc1. The number of benzene rings is 4. The number of thiophene rings is 1. The van der Waals surface area contributed by atoms with Gasteiger partial charge in [0.1, 0.15) is 0 Å². The van der Waals surface area contributed by atoms with E-state index in [0.29, 0.717) is 0 Å². The molecule has 1 heterocycles. The van der Waals surface area contributed by atoms with Gasteiger partial charge in [0.2, 0.25) is 0 Å². The molecule has 0 unspecified atom stereocenters. The van der Waals surface area contributed by atoms with E-state index in [1.165, 1.54) is 42.8 Å². The summed E-state index contributed by atoms with van der Waals surface area (Å²) < 4.78 is 1.36. The highest BCUT2D eigenvalue weighted by Crippen LogP contribution is 2.31. The minimum atomic E-state index is 1.26. The first kappa shape index (κ1) is 14.4. The van der Waals surface area contributed by atoms with Gasteiger partial charge in [0.05, 0.1) is 0 Å². The third-order valence-corrected chi connectivity index (χ3v) is 5.69. The van der Waals surface area contributed by atoms with Crippen LogP contribution < -0.4 is 5.22 Å². The summed E-state index contributed by atoms with van der Waals surface area (Å²) in [7, 11) is 0. The molecule has 0 nitrogen and oxygen atoms in total. The average Bonchev–Trinajstić information content (AvgIpc) is 3.12. The van der Waals surface area contributed by atoms with Crippen LogP contribution in [0.1, 0.15) is 11.1 Å². The zero-order chi connectivity index (χ0) is 16.6. The second kappa shape index (κ2) is 5.87. The maximum Gasteiger partial charge on any atom is 0.0355 e. The predicted octanol–water partition coefficient (Wildman–Crippen LogP) is 6.02. The Hall–Kier alpha value is -2.90. The van der Waals surface area contributed by atoms with Crippen molar-refractivity contribution in [1.82, 2.24) is 0 Å². The lowest BCUT2D eigenvalue weighted by atomic mass is 9.93. The van der Waals surface area contributed by atoms with Crippen molar-refractivity contribution < 1.29 is 0 Å². The first-order valence-corrected chi connectivity index (χ1v) is 9.33. The molecule has 0 radical (unpaired) electrons. The first-order valence-electron chi connectivity index (χ1n) is 8.45. The molecule has 5 rings (SSSR count). The maximum atomic E-state index is 2.30. The molecule has 0 atom stereocenters. The van der Waals surface area contributed by atoms with Gasteiger partial charge in [0, 0.05) is 15.5 Å². The molecule has 5 aromatic rings. The van der Waals surface area contributed by atoms with Gasteiger partial charge in [-0.05, 0) is 38.8 Å². The first-order chi connectivity index (χ1) is 12.4. The molecule has 0 amide bonds. The van der Waals surface area contributed by atoms with E-state index in [0.717, 1.165) is 0 Å². The summed E-state index contributed by atoms with van der Waals surface area (Å²) in [5.41, 5.74) is 3.81. The Kier molecular flexibility index (Phi) is 3.39. The lowest BCUT2D eigenvalue weighted by Gasteiger charge is -2.10. The van der Waals surface area contributed by atoms with E-state index in [1.807, 2.05) is 11.3 Å². The van der Waals surface area contributed by atoms with Crippen molar-refractivity contribution in [2.45, 2.75) is 0 Å². The molecule has 0 aliphatic carbocycles. The summed E-state index contributed by atoms with van der Waals surface area (Å²) in [4.78, 5) is 0. The van der Waals surface area contributed by atoms with E-state index in [1.54, 1.807) is 0 Å². The molecule has 0 bridgehead atoms. The minimum Gasteiger partial charge on any atom is -0.143 e. The van der Waals surface area contributed by atoms with Crippen molar-refractivity contribution in [2.24, 2.45) is 0 Å². The molecule has 0 aliphatic heterocycles.